The molecule has 220 valence electrons. The fraction of sp³-hybridized carbons (Fsp3) is 0.235. The van der Waals surface area contributed by atoms with Gasteiger partial charge in [0.1, 0.15) is 5.82 Å². The van der Waals surface area contributed by atoms with Crippen molar-refractivity contribution in [1.29, 1.82) is 0 Å². The van der Waals surface area contributed by atoms with Crippen molar-refractivity contribution in [3.63, 3.8) is 0 Å². The molecule has 43 heavy (non-hydrogen) atoms. The minimum Gasteiger partial charge on any atom is -0.371 e. The molecule has 0 aromatic heterocycles. The first-order valence-corrected chi connectivity index (χ1v) is 14.3. The summed E-state index contributed by atoms with van der Waals surface area (Å²) >= 11 is 0. The number of hydrogen-bond donors (Lipinski definition) is 2. The van der Waals surface area contributed by atoms with E-state index >= 15 is 0 Å². The molecule has 9 heteroatoms. The number of carbonyl (C=O) groups is 2. The van der Waals surface area contributed by atoms with E-state index in [0.717, 1.165) is 43.6 Å². The van der Waals surface area contributed by atoms with E-state index in [1.807, 2.05) is 12.1 Å². The Hall–Kier alpha value is -5.05. The van der Waals surface area contributed by atoms with E-state index in [1.165, 1.54) is 35.9 Å². The predicted octanol–water partition coefficient (Wildman–Crippen LogP) is 6.68. The molecule has 1 aliphatic rings. The highest BCUT2D eigenvalue weighted by atomic mass is 19.1. The molecule has 1 saturated heterocycles. The van der Waals surface area contributed by atoms with Gasteiger partial charge in [-0.15, -0.1) is 0 Å². The van der Waals surface area contributed by atoms with Crippen molar-refractivity contribution in [3.05, 3.63) is 135 Å². The van der Waals surface area contributed by atoms with Gasteiger partial charge in [0, 0.05) is 48.2 Å². The van der Waals surface area contributed by atoms with Gasteiger partial charge in [0.2, 0.25) is 0 Å². The van der Waals surface area contributed by atoms with E-state index in [2.05, 4.69) is 39.8 Å². The van der Waals surface area contributed by atoms with Gasteiger partial charge in [-0.1, -0.05) is 48.5 Å². The smallest absolute Gasteiger partial charge is 0.273 e. The number of nitro groups is 1. The largest absolute Gasteiger partial charge is 0.371 e. The molecule has 0 radical (unpaired) electrons. The van der Waals surface area contributed by atoms with Gasteiger partial charge in [-0.2, -0.15) is 0 Å². The van der Waals surface area contributed by atoms with Crippen LogP contribution in [0.15, 0.2) is 91.0 Å². The lowest BCUT2D eigenvalue weighted by molar-refractivity contribution is -0.385. The van der Waals surface area contributed by atoms with Gasteiger partial charge < -0.3 is 15.5 Å². The third-order valence-electron chi connectivity index (χ3n) is 7.86. The summed E-state index contributed by atoms with van der Waals surface area (Å²) in [6, 6.07) is 25.9. The molecule has 0 unspecified atom stereocenters. The van der Waals surface area contributed by atoms with Crippen LogP contribution in [0.3, 0.4) is 0 Å². The van der Waals surface area contributed by atoms with Crippen molar-refractivity contribution >= 4 is 28.9 Å². The van der Waals surface area contributed by atoms with Crippen molar-refractivity contribution < 1.29 is 18.9 Å². The SMILES string of the molecule is Cc1ccc(C(=O)Nc2ccc(N3CCC(Cc4ccccc4)CC3)c(C(=O)NCc3ccc(F)cc3)c2)cc1[N+](=O)[O-]. The molecule has 4 aromatic rings. The zero-order chi connectivity index (χ0) is 30.3. The van der Waals surface area contributed by atoms with Crippen LogP contribution in [0.1, 0.15) is 50.2 Å². The molecule has 0 bridgehead atoms. The molecule has 8 nitrogen and oxygen atoms in total. The molecule has 0 saturated carbocycles. The summed E-state index contributed by atoms with van der Waals surface area (Å²) in [6.45, 7) is 3.39. The van der Waals surface area contributed by atoms with Crippen LogP contribution in [-0.4, -0.2) is 29.8 Å². The fourth-order valence-corrected chi connectivity index (χ4v) is 5.43. The van der Waals surface area contributed by atoms with Crippen molar-refractivity contribution in [2.45, 2.75) is 32.7 Å². The van der Waals surface area contributed by atoms with E-state index in [0.29, 0.717) is 22.7 Å². The molecule has 2 N–H and O–H groups in total. The van der Waals surface area contributed by atoms with Gasteiger partial charge in [-0.05, 0) is 79.6 Å². The summed E-state index contributed by atoms with van der Waals surface area (Å²) in [4.78, 5) is 39.6. The van der Waals surface area contributed by atoms with Crippen LogP contribution in [0, 0.1) is 28.8 Å². The van der Waals surface area contributed by atoms with Gasteiger partial charge in [0.25, 0.3) is 17.5 Å². The molecular formula is C34H33FN4O4. The molecule has 0 aliphatic carbocycles. The first-order valence-electron chi connectivity index (χ1n) is 14.3. The Morgan fingerprint density at radius 2 is 1.63 bits per heavy atom. The maximum Gasteiger partial charge on any atom is 0.273 e. The number of amides is 2. The Morgan fingerprint density at radius 1 is 0.907 bits per heavy atom. The lowest BCUT2D eigenvalue weighted by Gasteiger charge is -2.35. The summed E-state index contributed by atoms with van der Waals surface area (Å²) in [5.74, 6) is -0.648. The number of carbonyl (C=O) groups excluding carboxylic acids is 2. The number of rotatable bonds is 9. The third-order valence-corrected chi connectivity index (χ3v) is 7.86. The minimum absolute atomic E-state index is 0.139. The molecule has 0 atom stereocenters. The minimum atomic E-state index is -0.520. The Bertz CT molecular complexity index is 1620. The topological polar surface area (TPSA) is 105 Å². The lowest BCUT2D eigenvalue weighted by Crippen LogP contribution is -2.36. The third kappa shape index (κ3) is 7.43. The average molecular weight is 581 g/mol. The van der Waals surface area contributed by atoms with Gasteiger partial charge in [-0.25, -0.2) is 4.39 Å². The van der Waals surface area contributed by atoms with E-state index in [4.69, 9.17) is 0 Å². The van der Waals surface area contributed by atoms with Crippen molar-refractivity contribution in [1.82, 2.24) is 5.32 Å². The highest BCUT2D eigenvalue weighted by molar-refractivity contribution is 6.06. The number of aryl methyl sites for hydroxylation is 1. The maximum atomic E-state index is 13.5. The van der Waals surface area contributed by atoms with E-state index < -0.39 is 10.8 Å². The van der Waals surface area contributed by atoms with Crippen molar-refractivity contribution in [2.24, 2.45) is 5.92 Å². The summed E-state index contributed by atoms with van der Waals surface area (Å²) in [5.41, 5.74) is 4.09. The van der Waals surface area contributed by atoms with Crippen LogP contribution >= 0.6 is 0 Å². The maximum absolute atomic E-state index is 13.5. The molecule has 2 amide bonds. The number of piperidine rings is 1. The molecule has 1 aliphatic heterocycles. The van der Waals surface area contributed by atoms with Crippen molar-refractivity contribution in [3.8, 4) is 0 Å². The standard InChI is InChI=1S/C34H33FN4O4/c1-23-7-10-27(20-32(23)39(42)43)33(40)37-29-13-14-31(30(21-29)34(41)36-22-26-8-11-28(35)12-9-26)38-17-15-25(16-18-38)19-24-5-3-2-4-6-24/h2-14,20-21,25H,15-19,22H2,1H3,(H,36,41)(H,37,40). The Labute approximate surface area is 249 Å². The lowest BCUT2D eigenvalue weighted by atomic mass is 9.89. The Kier molecular flexibility index (Phi) is 9.10. The molecular weight excluding hydrogens is 547 g/mol. The van der Waals surface area contributed by atoms with Gasteiger partial charge in [0.05, 0.1) is 10.5 Å². The molecule has 1 fully saturated rings. The van der Waals surface area contributed by atoms with E-state index in [-0.39, 0.29) is 29.5 Å². The first-order chi connectivity index (χ1) is 20.8. The van der Waals surface area contributed by atoms with Gasteiger partial charge in [0.15, 0.2) is 0 Å². The number of nitrogens with one attached hydrogen (secondary N) is 2. The second kappa shape index (κ2) is 13.3. The van der Waals surface area contributed by atoms with E-state index in [9.17, 15) is 24.1 Å². The molecule has 4 aromatic carbocycles. The Morgan fingerprint density at radius 3 is 2.33 bits per heavy atom. The van der Waals surface area contributed by atoms with Crippen LogP contribution in [0.4, 0.5) is 21.5 Å². The number of hydrogen-bond acceptors (Lipinski definition) is 5. The highest BCUT2D eigenvalue weighted by Crippen LogP contribution is 2.31. The van der Waals surface area contributed by atoms with E-state index in [1.54, 1.807) is 31.2 Å². The monoisotopic (exact) mass is 580 g/mol. The number of benzene rings is 4. The predicted molar refractivity (Wildman–Crippen MR) is 165 cm³/mol. The van der Waals surface area contributed by atoms with Crippen LogP contribution < -0.4 is 15.5 Å². The Balaban J connectivity index is 1.35. The normalized spacial score (nSPS) is 13.4. The number of nitro benzene ring substituents is 1. The first kappa shape index (κ1) is 29.4. The van der Waals surface area contributed by atoms with Crippen molar-refractivity contribution in [2.75, 3.05) is 23.3 Å². The van der Waals surface area contributed by atoms with Gasteiger partial charge in [-0.3, -0.25) is 19.7 Å². The van der Waals surface area contributed by atoms with Crippen LogP contribution in [-0.2, 0) is 13.0 Å². The van der Waals surface area contributed by atoms with Crippen LogP contribution in [0.2, 0.25) is 0 Å². The summed E-state index contributed by atoms with van der Waals surface area (Å²) in [5, 5.41) is 17.1. The number of halogens is 1. The zero-order valence-corrected chi connectivity index (χ0v) is 23.9. The van der Waals surface area contributed by atoms with Crippen LogP contribution in [0.25, 0.3) is 0 Å². The highest BCUT2D eigenvalue weighted by Gasteiger charge is 2.24. The summed E-state index contributed by atoms with van der Waals surface area (Å²) in [6.07, 6.45) is 2.98. The van der Waals surface area contributed by atoms with Gasteiger partial charge >= 0.3 is 0 Å². The molecule has 1 heterocycles. The fourth-order valence-electron chi connectivity index (χ4n) is 5.43. The zero-order valence-electron chi connectivity index (χ0n) is 23.9. The van der Waals surface area contributed by atoms with Crippen LogP contribution in [0.5, 0.6) is 0 Å². The number of nitrogens with zero attached hydrogens (tertiary/aromatic N) is 2. The second-order valence-corrected chi connectivity index (χ2v) is 10.9. The summed E-state index contributed by atoms with van der Waals surface area (Å²) in [7, 11) is 0. The molecule has 0 spiro atoms. The number of anilines is 2. The quantitative estimate of drug-likeness (QED) is 0.170. The molecule has 5 rings (SSSR count). The second-order valence-electron chi connectivity index (χ2n) is 10.9. The average Bonchev–Trinajstić information content (AvgIpc) is 3.01. The summed E-state index contributed by atoms with van der Waals surface area (Å²) < 4.78 is 13.4.